The van der Waals surface area contributed by atoms with Gasteiger partial charge in [-0.3, -0.25) is 14.4 Å². The van der Waals surface area contributed by atoms with Gasteiger partial charge in [-0.15, -0.1) is 0 Å². The van der Waals surface area contributed by atoms with Gasteiger partial charge in [-0.2, -0.15) is 0 Å². The molecule has 3 amide bonds. The Morgan fingerprint density at radius 2 is 1.76 bits per heavy atom. The Morgan fingerprint density at radius 3 is 2.40 bits per heavy atom. The Labute approximate surface area is 145 Å². The smallest absolute Gasteiger partial charge is 0.258 e. The van der Waals surface area contributed by atoms with Crippen LogP contribution in [0.4, 0.5) is 5.69 Å². The molecule has 1 aromatic carbocycles. The molecule has 1 aliphatic rings. The predicted molar refractivity (Wildman–Crippen MR) is 90.9 cm³/mol. The van der Waals surface area contributed by atoms with Crippen molar-refractivity contribution in [2.75, 3.05) is 24.7 Å². The Kier molecular flexibility index (Phi) is 7.03. The number of hydrogen-bond donors (Lipinski definition) is 1. The van der Waals surface area contributed by atoms with Gasteiger partial charge in [0.1, 0.15) is 6.29 Å². The molecule has 0 saturated carbocycles. The molecule has 7 nitrogen and oxygen atoms in total. The number of carbonyl (C=O) groups is 4. The lowest BCUT2D eigenvalue weighted by Crippen LogP contribution is -2.29. The van der Waals surface area contributed by atoms with Gasteiger partial charge in [-0.25, -0.2) is 4.90 Å². The Bertz CT molecular complexity index is 649. The zero-order valence-corrected chi connectivity index (χ0v) is 13.8. The highest BCUT2D eigenvalue weighted by atomic mass is 16.5. The van der Waals surface area contributed by atoms with Gasteiger partial charge in [0, 0.05) is 31.5 Å². The molecule has 2 rings (SSSR count). The van der Waals surface area contributed by atoms with E-state index in [0.717, 1.165) is 16.7 Å². The average molecular weight is 344 g/mol. The van der Waals surface area contributed by atoms with E-state index in [1.807, 2.05) is 0 Å². The van der Waals surface area contributed by atoms with E-state index in [1.54, 1.807) is 24.3 Å². The third-order valence-electron chi connectivity index (χ3n) is 3.59. The van der Waals surface area contributed by atoms with Crippen LogP contribution < -0.4 is 10.2 Å². The van der Waals surface area contributed by atoms with Crippen molar-refractivity contribution in [3.05, 3.63) is 42.0 Å². The van der Waals surface area contributed by atoms with Crippen LogP contribution in [-0.2, 0) is 30.3 Å². The van der Waals surface area contributed by atoms with Gasteiger partial charge in [0.05, 0.1) is 18.9 Å². The summed E-state index contributed by atoms with van der Waals surface area (Å²) in [5, 5.41) is 2.74. The van der Waals surface area contributed by atoms with Gasteiger partial charge in [0.2, 0.25) is 5.91 Å². The number of carbonyl (C=O) groups excluding carboxylic acids is 4. The minimum absolute atomic E-state index is 0.0860. The van der Waals surface area contributed by atoms with Crippen LogP contribution in [0.2, 0.25) is 0 Å². The predicted octanol–water partition coefficient (Wildman–Crippen LogP) is 0.770. The fourth-order valence-corrected chi connectivity index (χ4v) is 2.31. The molecular weight excluding hydrogens is 324 g/mol. The molecule has 0 aromatic heterocycles. The van der Waals surface area contributed by atoms with Gasteiger partial charge in [0.25, 0.3) is 11.8 Å². The maximum Gasteiger partial charge on any atom is 0.258 e. The van der Waals surface area contributed by atoms with Gasteiger partial charge in [0.15, 0.2) is 0 Å². The summed E-state index contributed by atoms with van der Waals surface area (Å²) in [6, 6.07) is 6.97. The summed E-state index contributed by atoms with van der Waals surface area (Å²) in [5.74, 6) is -0.794. The molecule has 0 fully saturated rings. The molecule has 0 saturated heterocycles. The first-order valence-corrected chi connectivity index (χ1v) is 8.05. The molecule has 0 spiro atoms. The molecule has 1 heterocycles. The van der Waals surface area contributed by atoms with Crippen molar-refractivity contribution < 1.29 is 23.9 Å². The molecule has 7 heteroatoms. The quantitative estimate of drug-likeness (QED) is 0.384. The van der Waals surface area contributed by atoms with Crippen molar-refractivity contribution in [1.29, 1.82) is 0 Å². The lowest BCUT2D eigenvalue weighted by molar-refractivity contribution is -0.122. The highest BCUT2D eigenvalue weighted by Crippen LogP contribution is 2.19. The van der Waals surface area contributed by atoms with Crippen LogP contribution in [0.5, 0.6) is 0 Å². The minimum atomic E-state index is -0.354. The third kappa shape index (κ3) is 5.65. The Balaban J connectivity index is 1.71. The van der Waals surface area contributed by atoms with E-state index in [1.165, 1.54) is 12.2 Å². The van der Waals surface area contributed by atoms with Gasteiger partial charge < -0.3 is 14.8 Å². The molecule has 0 bridgehead atoms. The highest BCUT2D eigenvalue weighted by Gasteiger charge is 2.24. The lowest BCUT2D eigenvalue weighted by atomic mass is 10.1. The number of nitrogens with one attached hydrogen (secondary N) is 1. The maximum atomic E-state index is 11.7. The standard InChI is InChI=1S/C18H20N2O5/c21-11-1-12-25-13-10-19-16(22)7-4-14-2-5-15(6-3-14)20-17(23)8-9-18(20)24/h2-3,5-6,8-9,11H,1,4,7,10,12-13H2,(H,19,22). The highest BCUT2D eigenvalue weighted by molar-refractivity contribution is 6.28. The topological polar surface area (TPSA) is 92.8 Å². The summed E-state index contributed by atoms with van der Waals surface area (Å²) in [6.07, 6.45) is 4.51. The first kappa shape index (κ1) is 18.5. The summed E-state index contributed by atoms with van der Waals surface area (Å²) in [6.45, 7) is 1.15. The number of benzene rings is 1. The molecule has 0 radical (unpaired) electrons. The van der Waals surface area contributed by atoms with Crippen molar-refractivity contribution in [2.24, 2.45) is 0 Å². The summed E-state index contributed by atoms with van der Waals surface area (Å²) < 4.78 is 5.16. The van der Waals surface area contributed by atoms with Crippen LogP contribution in [0, 0.1) is 0 Å². The number of nitrogens with zero attached hydrogens (tertiary/aromatic N) is 1. The second kappa shape index (κ2) is 9.48. The number of imide groups is 1. The third-order valence-corrected chi connectivity index (χ3v) is 3.59. The number of ether oxygens (including phenoxy) is 1. The van der Waals surface area contributed by atoms with Crippen molar-refractivity contribution in [2.45, 2.75) is 19.3 Å². The van der Waals surface area contributed by atoms with E-state index in [9.17, 15) is 19.2 Å². The molecule has 132 valence electrons. The average Bonchev–Trinajstić information content (AvgIpc) is 2.95. The molecule has 0 atom stereocenters. The molecule has 0 unspecified atom stereocenters. The molecule has 25 heavy (non-hydrogen) atoms. The van der Waals surface area contributed by atoms with Gasteiger partial charge in [-0.05, 0) is 24.1 Å². The first-order valence-electron chi connectivity index (χ1n) is 8.05. The first-order chi connectivity index (χ1) is 12.1. The zero-order valence-electron chi connectivity index (χ0n) is 13.8. The van der Waals surface area contributed by atoms with Gasteiger partial charge >= 0.3 is 0 Å². The van der Waals surface area contributed by atoms with Gasteiger partial charge in [-0.1, -0.05) is 12.1 Å². The van der Waals surface area contributed by atoms with Crippen LogP contribution in [-0.4, -0.2) is 43.8 Å². The van der Waals surface area contributed by atoms with Crippen LogP contribution in [0.15, 0.2) is 36.4 Å². The number of amides is 3. The number of aldehydes is 1. The fraction of sp³-hybridized carbons (Fsp3) is 0.333. The van der Waals surface area contributed by atoms with E-state index < -0.39 is 0 Å². The fourth-order valence-electron chi connectivity index (χ4n) is 2.31. The number of aryl methyl sites for hydroxylation is 1. The molecule has 1 aliphatic heterocycles. The van der Waals surface area contributed by atoms with Crippen LogP contribution in [0.1, 0.15) is 18.4 Å². The summed E-state index contributed by atoms with van der Waals surface area (Å²) in [7, 11) is 0. The maximum absolute atomic E-state index is 11.7. The number of hydrogen-bond acceptors (Lipinski definition) is 5. The Hall–Kier alpha value is -2.80. The van der Waals surface area contributed by atoms with Crippen LogP contribution in [0.3, 0.4) is 0 Å². The normalized spacial score (nSPS) is 13.4. The number of rotatable bonds is 10. The summed E-state index contributed by atoms with van der Waals surface area (Å²) in [5.41, 5.74) is 1.45. The van der Waals surface area contributed by atoms with E-state index in [2.05, 4.69) is 5.32 Å². The molecule has 1 aromatic rings. The monoisotopic (exact) mass is 344 g/mol. The second-order valence-corrected chi connectivity index (χ2v) is 5.43. The van der Waals surface area contributed by atoms with Crippen molar-refractivity contribution in [3.8, 4) is 0 Å². The minimum Gasteiger partial charge on any atom is -0.379 e. The Morgan fingerprint density at radius 1 is 1.08 bits per heavy atom. The SMILES string of the molecule is O=CCCOCCNC(=O)CCc1ccc(N2C(=O)C=CC2=O)cc1. The largest absolute Gasteiger partial charge is 0.379 e. The van der Waals surface area contributed by atoms with Crippen molar-refractivity contribution in [3.63, 3.8) is 0 Å². The van der Waals surface area contributed by atoms with Crippen molar-refractivity contribution in [1.82, 2.24) is 5.32 Å². The van der Waals surface area contributed by atoms with Crippen molar-refractivity contribution >= 4 is 29.7 Å². The lowest BCUT2D eigenvalue weighted by Gasteiger charge is -2.14. The summed E-state index contributed by atoms with van der Waals surface area (Å²) in [4.78, 5) is 46.2. The summed E-state index contributed by atoms with van der Waals surface area (Å²) >= 11 is 0. The second-order valence-electron chi connectivity index (χ2n) is 5.43. The van der Waals surface area contributed by atoms with Crippen LogP contribution in [0.25, 0.3) is 0 Å². The molecular formula is C18H20N2O5. The zero-order chi connectivity index (χ0) is 18.1. The molecule has 1 N–H and O–H groups in total. The van der Waals surface area contributed by atoms with E-state index in [-0.39, 0.29) is 17.7 Å². The van der Waals surface area contributed by atoms with E-state index in [0.29, 0.717) is 44.7 Å². The van der Waals surface area contributed by atoms with Crippen LogP contribution >= 0.6 is 0 Å². The van der Waals surface area contributed by atoms with E-state index in [4.69, 9.17) is 4.74 Å². The van der Waals surface area contributed by atoms with E-state index >= 15 is 0 Å². The molecule has 0 aliphatic carbocycles. The number of anilines is 1.